The number of ether oxygens (including phenoxy) is 1. The number of carboxylic acid groups (broad SMARTS) is 1. The third kappa shape index (κ3) is 4.49. The summed E-state index contributed by atoms with van der Waals surface area (Å²) < 4.78 is 5.11. The van der Waals surface area contributed by atoms with Crippen molar-refractivity contribution in [1.29, 1.82) is 0 Å². The Morgan fingerprint density at radius 2 is 2.06 bits per heavy atom. The van der Waals surface area contributed by atoms with Crippen molar-refractivity contribution in [2.24, 2.45) is 5.92 Å². The van der Waals surface area contributed by atoms with Crippen LogP contribution >= 0.6 is 0 Å². The Balaban J connectivity index is 4.63. The first-order valence-corrected chi connectivity index (χ1v) is 5.87. The average molecular weight is 231 g/mol. The first kappa shape index (κ1) is 15.4. The average Bonchev–Trinajstić information content (AvgIpc) is 2.17. The Hall–Kier alpha value is -0.610. The fourth-order valence-corrected chi connectivity index (χ4v) is 1.73. The van der Waals surface area contributed by atoms with Crippen LogP contribution < -0.4 is 5.32 Å². The minimum absolute atomic E-state index is 0.0673. The highest BCUT2D eigenvalue weighted by Crippen LogP contribution is 2.16. The molecule has 0 amide bonds. The molecule has 2 unspecified atom stereocenters. The predicted octanol–water partition coefficient (Wildman–Crippen LogP) is 1.89. The van der Waals surface area contributed by atoms with Crippen LogP contribution in [0.1, 0.15) is 40.5 Å². The molecular formula is C12H25NO3. The minimum Gasteiger partial charge on any atom is -0.480 e. The number of rotatable bonds is 8. The van der Waals surface area contributed by atoms with Gasteiger partial charge in [-0.3, -0.25) is 10.1 Å². The van der Waals surface area contributed by atoms with E-state index in [0.29, 0.717) is 18.9 Å². The summed E-state index contributed by atoms with van der Waals surface area (Å²) in [6.45, 7) is 8.38. The molecule has 0 aromatic heterocycles. The van der Waals surface area contributed by atoms with Crippen LogP contribution in [0.5, 0.6) is 0 Å². The highest BCUT2D eigenvalue weighted by Gasteiger charge is 2.34. The molecule has 0 bridgehead atoms. The molecule has 16 heavy (non-hydrogen) atoms. The Morgan fingerprint density at radius 1 is 1.50 bits per heavy atom. The van der Waals surface area contributed by atoms with Gasteiger partial charge in [0.2, 0.25) is 0 Å². The molecule has 0 rings (SSSR count). The van der Waals surface area contributed by atoms with Crippen molar-refractivity contribution in [3.63, 3.8) is 0 Å². The molecule has 0 aromatic carbocycles. The van der Waals surface area contributed by atoms with Crippen molar-refractivity contribution in [3.05, 3.63) is 0 Å². The van der Waals surface area contributed by atoms with Crippen LogP contribution in [0.3, 0.4) is 0 Å². The monoisotopic (exact) mass is 231 g/mol. The molecule has 4 heteroatoms. The molecule has 0 fully saturated rings. The normalized spacial score (nSPS) is 17.1. The van der Waals surface area contributed by atoms with E-state index in [1.807, 2.05) is 6.92 Å². The van der Waals surface area contributed by atoms with Gasteiger partial charge in [-0.1, -0.05) is 27.2 Å². The second kappa shape index (κ2) is 6.86. The molecule has 0 aromatic rings. The van der Waals surface area contributed by atoms with E-state index in [1.165, 1.54) is 0 Å². The molecule has 0 heterocycles. The summed E-state index contributed by atoms with van der Waals surface area (Å²) in [5.74, 6) is -0.452. The van der Waals surface area contributed by atoms with E-state index in [1.54, 1.807) is 14.0 Å². The van der Waals surface area contributed by atoms with Gasteiger partial charge in [0.05, 0.1) is 6.61 Å². The van der Waals surface area contributed by atoms with Crippen molar-refractivity contribution in [2.75, 3.05) is 13.7 Å². The lowest BCUT2D eigenvalue weighted by Gasteiger charge is -2.33. The maximum absolute atomic E-state index is 11.3. The number of hydrogen-bond donors (Lipinski definition) is 2. The molecule has 2 N–H and O–H groups in total. The van der Waals surface area contributed by atoms with Gasteiger partial charge < -0.3 is 9.84 Å². The van der Waals surface area contributed by atoms with E-state index < -0.39 is 11.5 Å². The second-order valence-electron chi connectivity index (χ2n) is 4.84. The lowest BCUT2D eigenvalue weighted by atomic mass is 9.92. The maximum atomic E-state index is 11.3. The first-order chi connectivity index (χ1) is 7.37. The molecule has 0 radical (unpaired) electrons. The molecule has 0 aliphatic heterocycles. The smallest absolute Gasteiger partial charge is 0.323 e. The van der Waals surface area contributed by atoms with Gasteiger partial charge >= 0.3 is 5.97 Å². The Bertz CT molecular complexity index is 218. The van der Waals surface area contributed by atoms with Crippen molar-refractivity contribution >= 4 is 5.97 Å². The van der Waals surface area contributed by atoms with Crippen LogP contribution in [0.25, 0.3) is 0 Å². The summed E-state index contributed by atoms with van der Waals surface area (Å²) in [5, 5.41) is 12.5. The minimum atomic E-state index is -0.859. The molecule has 0 saturated heterocycles. The molecule has 0 spiro atoms. The Morgan fingerprint density at radius 3 is 2.38 bits per heavy atom. The van der Waals surface area contributed by atoms with Gasteiger partial charge in [0.1, 0.15) is 5.54 Å². The molecular weight excluding hydrogens is 206 g/mol. The van der Waals surface area contributed by atoms with Gasteiger partial charge in [-0.05, 0) is 19.3 Å². The summed E-state index contributed by atoms with van der Waals surface area (Å²) >= 11 is 0. The van der Waals surface area contributed by atoms with Gasteiger partial charge in [-0.2, -0.15) is 0 Å². The zero-order valence-corrected chi connectivity index (χ0v) is 11.0. The zero-order chi connectivity index (χ0) is 12.8. The molecule has 0 aliphatic rings. The van der Waals surface area contributed by atoms with Crippen LogP contribution in [0.2, 0.25) is 0 Å². The number of carbonyl (C=O) groups is 1. The van der Waals surface area contributed by atoms with Crippen molar-refractivity contribution in [3.8, 4) is 0 Å². The number of methoxy groups -OCH3 is 1. The lowest BCUT2D eigenvalue weighted by molar-refractivity contribution is -0.145. The largest absolute Gasteiger partial charge is 0.480 e. The lowest BCUT2D eigenvalue weighted by Crippen LogP contribution is -2.56. The topological polar surface area (TPSA) is 58.6 Å². The third-order valence-electron chi connectivity index (χ3n) is 2.88. The summed E-state index contributed by atoms with van der Waals surface area (Å²) in [7, 11) is 1.63. The number of nitrogens with one attached hydrogen (secondary N) is 1. The third-order valence-corrected chi connectivity index (χ3v) is 2.88. The standard InChI is InChI=1S/C12H25NO3/c1-6-7-12(4,11(14)15)13-10(8-16-5)9(2)3/h9-10,13H,6-8H2,1-5H3,(H,14,15). The summed E-state index contributed by atoms with van der Waals surface area (Å²) in [6, 6.07) is 0.0673. The van der Waals surface area contributed by atoms with Gasteiger partial charge in [0.15, 0.2) is 0 Å². The van der Waals surface area contributed by atoms with Gasteiger partial charge in [-0.15, -0.1) is 0 Å². The fraction of sp³-hybridized carbons (Fsp3) is 0.917. The van der Waals surface area contributed by atoms with E-state index in [0.717, 1.165) is 6.42 Å². The summed E-state index contributed by atoms with van der Waals surface area (Å²) in [6.07, 6.45) is 1.46. The predicted molar refractivity (Wildman–Crippen MR) is 64.6 cm³/mol. The second-order valence-corrected chi connectivity index (χ2v) is 4.84. The quantitative estimate of drug-likeness (QED) is 0.670. The zero-order valence-electron chi connectivity index (χ0n) is 11.0. The molecule has 0 saturated carbocycles. The van der Waals surface area contributed by atoms with Crippen LogP contribution in [0, 0.1) is 5.92 Å². The number of hydrogen-bond acceptors (Lipinski definition) is 3. The van der Waals surface area contributed by atoms with Gasteiger partial charge in [0, 0.05) is 13.2 Å². The summed E-state index contributed by atoms with van der Waals surface area (Å²) in [5.41, 5.74) is -0.859. The Kier molecular flexibility index (Phi) is 6.60. The van der Waals surface area contributed by atoms with Gasteiger partial charge in [0.25, 0.3) is 0 Å². The van der Waals surface area contributed by atoms with E-state index in [4.69, 9.17) is 4.74 Å². The summed E-state index contributed by atoms with van der Waals surface area (Å²) in [4.78, 5) is 11.3. The Labute approximate surface area is 98.4 Å². The maximum Gasteiger partial charge on any atom is 0.323 e. The van der Waals surface area contributed by atoms with Crippen LogP contribution in [0.15, 0.2) is 0 Å². The van der Waals surface area contributed by atoms with Crippen LogP contribution in [-0.4, -0.2) is 36.4 Å². The van der Waals surface area contributed by atoms with E-state index >= 15 is 0 Å². The molecule has 2 atom stereocenters. The van der Waals surface area contributed by atoms with Crippen molar-refractivity contribution in [1.82, 2.24) is 5.32 Å². The van der Waals surface area contributed by atoms with Crippen LogP contribution in [0.4, 0.5) is 0 Å². The van der Waals surface area contributed by atoms with E-state index in [2.05, 4.69) is 19.2 Å². The van der Waals surface area contributed by atoms with E-state index in [9.17, 15) is 9.90 Å². The highest BCUT2D eigenvalue weighted by atomic mass is 16.5. The first-order valence-electron chi connectivity index (χ1n) is 5.87. The van der Waals surface area contributed by atoms with E-state index in [-0.39, 0.29) is 6.04 Å². The van der Waals surface area contributed by atoms with Crippen molar-refractivity contribution < 1.29 is 14.6 Å². The highest BCUT2D eigenvalue weighted by molar-refractivity contribution is 5.78. The van der Waals surface area contributed by atoms with Gasteiger partial charge in [-0.25, -0.2) is 0 Å². The number of aliphatic carboxylic acids is 1. The number of carboxylic acids is 1. The molecule has 4 nitrogen and oxygen atoms in total. The molecule has 96 valence electrons. The fourth-order valence-electron chi connectivity index (χ4n) is 1.73. The van der Waals surface area contributed by atoms with Crippen LogP contribution in [-0.2, 0) is 9.53 Å². The SMILES string of the molecule is CCCC(C)(NC(COC)C(C)C)C(=O)O. The van der Waals surface area contributed by atoms with Crippen molar-refractivity contribution in [2.45, 2.75) is 52.1 Å². The molecule has 0 aliphatic carbocycles.